The van der Waals surface area contributed by atoms with Crippen molar-refractivity contribution in [3.63, 3.8) is 0 Å². The molecule has 2 aliphatic heterocycles. The molecule has 2 aromatic heterocycles. The molecule has 2 aromatic rings. The zero-order chi connectivity index (χ0) is 27.9. The van der Waals surface area contributed by atoms with Gasteiger partial charge < -0.3 is 15.5 Å². The van der Waals surface area contributed by atoms with Crippen LogP contribution < -0.4 is 10.6 Å². The molecule has 0 unspecified atom stereocenters. The van der Waals surface area contributed by atoms with Crippen molar-refractivity contribution in [2.45, 2.75) is 82.8 Å². The summed E-state index contributed by atoms with van der Waals surface area (Å²) in [7, 11) is -3.10. The molecule has 1 saturated carbocycles. The molecule has 39 heavy (non-hydrogen) atoms. The van der Waals surface area contributed by atoms with E-state index in [9.17, 15) is 26.8 Å². The van der Waals surface area contributed by atoms with Crippen LogP contribution in [0.15, 0.2) is 12.3 Å². The lowest BCUT2D eigenvalue weighted by Crippen LogP contribution is -2.41. The van der Waals surface area contributed by atoms with E-state index in [1.165, 1.54) is 12.3 Å². The molecule has 3 aliphatic rings. The van der Waals surface area contributed by atoms with Gasteiger partial charge in [0, 0.05) is 41.5 Å². The number of hydrogen-bond acceptors (Lipinski definition) is 8. The Balaban J connectivity index is 1.49. The minimum Gasteiger partial charge on any atom is -0.365 e. The van der Waals surface area contributed by atoms with Gasteiger partial charge in [0.05, 0.1) is 16.4 Å². The van der Waals surface area contributed by atoms with Crippen LogP contribution in [0.5, 0.6) is 0 Å². The molecule has 212 valence electrons. The number of thiazole rings is 1. The molecular weight excluding hydrogens is 548 g/mol. The van der Waals surface area contributed by atoms with E-state index in [0.29, 0.717) is 12.4 Å². The van der Waals surface area contributed by atoms with Gasteiger partial charge in [-0.05, 0) is 64.9 Å². The molecule has 3 fully saturated rings. The van der Waals surface area contributed by atoms with Crippen molar-refractivity contribution in [1.29, 1.82) is 0 Å². The van der Waals surface area contributed by atoms with E-state index in [-0.39, 0.29) is 68.7 Å². The molecule has 2 amide bonds. The predicted octanol–water partition coefficient (Wildman–Crippen LogP) is 4.43. The largest absolute Gasteiger partial charge is 0.365 e. The van der Waals surface area contributed by atoms with Crippen molar-refractivity contribution in [2.24, 2.45) is 0 Å². The highest BCUT2D eigenvalue weighted by molar-refractivity contribution is 7.91. The summed E-state index contributed by atoms with van der Waals surface area (Å²) < 4.78 is 52.2. The number of alkyl halides is 2. The first-order valence-electron chi connectivity index (χ1n) is 13.3. The Hall–Kier alpha value is -2.67. The smallest absolute Gasteiger partial charge is 0.280 e. The van der Waals surface area contributed by atoms with Gasteiger partial charge in [-0.1, -0.05) is 0 Å². The first-order valence-corrected chi connectivity index (χ1v) is 16.0. The Morgan fingerprint density at radius 3 is 2.49 bits per heavy atom. The van der Waals surface area contributed by atoms with Crippen LogP contribution in [-0.2, 0) is 9.84 Å². The molecule has 0 aromatic carbocycles. The second-order valence-electron chi connectivity index (χ2n) is 11.1. The fourth-order valence-corrected chi connectivity index (χ4v) is 7.93. The standard InChI is InChI=1S/C26H33F2N5O4S2/c1-15-5-3-10-33(15)25(35)20-21(38-24(31-20)23(34)30-16-6-11-39(36,37)12-7-16)18-14-29-19(13-17(18)22(27)28)32-26(2)8-4-9-26/h13-16,22H,3-12H2,1-2H3,(H,29,32)(H,30,34)/t15-/m0/s1. The Morgan fingerprint density at radius 1 is 1.18 bits per heavy atom. The van der Waals surface area contributed by atoms with Crippen molar-refractivity contribution < 1.29 is 26.8 Å². The topological polar surface area (TPSA) is 121 Å². The molecule has 1 atom stereocenters. The first-order chi connectivity index (χ1) is 18.4. The van der Waals surface area contributed by atoms with Gasteiger partial charge in [-0.15, -0.1) is 11.3 Å². The number of sulfone groups is 1. The molecule has 0 radical (unpaired) electrons. The predicted molar refractivity (Wildman–Crippen MR) is 145 cm³/mol. The maximum Gasteiger partial charge on any atom is 0.280 e. The van der Waals surface area contributed by atoms with Crippen molar-refractivity contribution in [1.82, 2.24) is 20.2 Å². The van der Waals surface area contributed by atoms with Gasteiger partial charge in [-0.25, -0.2) is 27.2 Å². The van der Waals surface area contributed by atoms with E-state index in [2.05, 4.69) is 20.6 Å². The summed E-state index contributed by atoms with van der Waals surface area (Å²) in [6.07, 6.45) is 3.63. The molecule has 0 bridgehead atoms. The lowest BCUT2D eigenvalue weighted by Gasteiger charge is -2.39. The van der Waals surface area contributed by atoms with Gasteiger partial charge in [0.2, 0.25) is 0 Å². The third-order valence-corrected chi connectivity index (χ3v) is 10.8. The van der Waals surface area contributed by atoms with E-state index in [4.69, 9.17) is 0 Å². The van der Waals surface area contributed by atoms with E-state index in [1.807, 2.05) is 13.8 Å². The van der Waals surface area contributed by atoms with Gasteiger partial charge in [0.1, 0.15) is 21.3 Å². The number of amides is 2. The first kappa shape index (κ1) is 27.9. The van der Waals surface area contributed by atoms with Gasteiger partial charge in [0.15, 0.2) is 5.01 Å². The Kier molecular flexibility index (Phi) is 7.66. The highest BCUT2D eigenvalue weighted by atomic mass is 32.2. The normalized spacial score (nSPS) is 22.5. The van der Waals surface area contributed by atoms with Crippen molar-refractivity contribution in [3.05, 3.63) is 28.5 Å². The third-order valence-electron chi connectivity index (χ3n) is 8.03. The lowest BCUT2D eigenvalue weighted by molar-refractivity contribution is 0.0743. The zero-order valence-corrected chi connectivity index (χ0v) is 23.6. The molecule has 2 saturated heterocycles. The number of nitrogens with one attached hydrogen (secondary N) is 2. The van der Waals surface area contributed by atoms with E-state index in [0.717, 1.165) is 43.4 Å². The minimum absolute atomic E-state index is 0.0134. The Bertz CT molecular complexity index is 1360. The summed E-state index contributed by atoms with van der Waals surface area (Å²) in [6, 6.07) is 0.941. The van der Waals surface area contributed by atoms with Crippen LogP contribution in [0, 0.1) is 0 Å². The molecular formula is C26H33F2N5O4S2. The van der Waals surface area contributed by atoms with Gasteiger partial charge in [-0.2, -0.15) is 0 Å². The molecule has 1 aliphatic carbocycles. The average molecular weight is 582 g/mol. The number of nitrogens with zero attached hydrogens (tertiary/aromatic N) is 3. The average Bonchev–Trinajstić information content (AvgIpc) is 3.50. The van der Waals surface area contributed by atoms with E-state index in [1.54, 1.807) is 4.90 Å². The van der Waals surface area contributed by atoms with Crippen molar-refractivity contribution in [2.75, 3.05) is 23.4 Å². The van der Waals surface area contributed by atoms with E-state index < -0.39 is 28.1 Å². The van der Waals surface area contributed by atoms with Crippen LogP contribution in [0.25, 0.3) is 10.4 Å². The van der Waals surface area contributed by atoms with E-state index >= 15 is 0 Å². The molecule has 4 heterocycles. The number of hydrogen-bond donors (Lipinski definition) is 2. The highest BCUT2D eigenvalue weighted by Gasteiger charge is 2.35. The number of aromatic nitrogens is 2. The van der Waals surface area contributed by atoms with Crippen LogP contribution in [-0.4, -0.2) is 70.8 Å². The van der Waals surface area contributed by atoms with Crippen molar-refractivity contribution >= 4 is 38.8 Å². The van der Waals surface area contributed by atoms with Crippen molar-refractivity contribution in [3.8, 4) is 10.4 Å². The molecule has 2 N–H and O–H groups in total. The van der Waals surface area contributed by atoms with Gasteiger partial charge in [0.25, 0.3) is 18.2 Å². The second-order valence-corrected chi connectivity index (χ2v) is 14.4. The number of carbonyl (C=O) groups is 2. The van der Waals surface area contributed by atoms with Crippen LogP contribution in [0.2, 0.25) is 0 Å². The molecule has 0 spiro atoms. The summed E-state index contributed by atoms with van der Waals surface area (Å²) in [5.41, 5.74) is -0.438. The quantitative estimate of drug-likeness (QED) is 0.496. The highest BCUT2D eigenvalue weighted by Crippen LogP contribution is 2.40. The molecule has 5 rings (SSSR count). The fraction of sp³-hybridized carbons (Fsp3) is 0.615. The Morgan fingerprint density at radius 2 is 1.90 bits per heavy atom. The van der Waals surface area contributed by atoms with Gasteiger partial charge in [-0.3, -0.25) is 9.59 Å². The SMILES string of the molecule is C[C@H]1CCCN1C(=O)c1nc(C(=O)NC2CCS(=O)(=O)CC2)sc1-c1cnc(NC2(C)CCC2)cc1C(F)F. The third kappa shape index (κ3) is 5.93. The number of halogens is 2. The summed E-state index contributed by atoms with van der Waals surface area (Å²) in [5.74, 6) is -0.645. The summed E-state index contributed by atoms with van der Waals surface area (Å²) >= 11 is 0.881. The van der Waals surface area contributed by atoms with Crippen LogP contribution in [0.3, 0.4) is 0 Å². The zero-order valence-electron chi connectivity index (χ0n) is 22.0. The number of rotatable bonds is 7. The number of anilines is 1. The fourth-order valence-electron chi connectivity index (χ4n) is 5.45. The summed E-state index contributed by atoms with van der Waals surface area (Å²) in [5, 5.41) is 6.04. The second kappa shape index (κ2) is 10.7. The Labute approximate surface area is 230 Å². The van der Waals surface area contributed by atoms with Crippen LogP contribution in [0.4, 0.5) is 14.6 Å². The van der Waals surface area contributed by atoms with Crippen LogP contribution in [0.1, 0.15) is 91.1 Å². The summed E-state index contributed by atoms with van der Waals surface area (Å²) in [6.45, 7) is 4.48. The summed E-state index contributed by atoms with van der Waals surface area (Å²) in [4.78, 5) is 37.3. The lowest BCUT2D eigenvalue weighted by atomic mass is 9.78. The maximum absolute atomic E-state index is 14.4. The maximum atomic E-state index is 14.4. The number of pyridine rings is 1. The molecule has 9 nitrogen and oxygen atoms in total. The minimum atomic E-state index is -3.10. The van der Waals surface area contributed by atoms with Crippen LogP contribution >= 0.6 is 11.3 Å². The number of carbonyl (C=O) groups excluding carboxylic acids is 2. The van der Waals surface area contributed by atoms with Gasteiger partial charge >= 0.3 is 0 Å². The monoisotopic (exact) mass is 581 g/mol. The molecule has 13 heteroatoms. The number of likely N-dealkylation sites (tertiary alicyclic amines) is 1.